The fraction of sp³-hybridized carbons (Fsp3) is 0.900. The molecule has 1 aliphatic carbocycles. The summed E-state index contributed by atoms with van der Waals surface area (Å²) in [4.78, 5) is 16.4. The lowest BCUT2D eigenvalue weighted by Crippen LogP contribution is -2.44. The van der Waals surface area contributed by atoms with Crippen LogP contribution in [-0.4, -0.2) is 13.0 Å². The number of hydrogen-bond acceptors (Lipinski definition) is 2. The highest BCUT2D eigenvalue weighted by Gasteiger charge is 2.40. The molecule has 1 fully saturated rings. The first kappa shape index (κ1) is 10.5. The molecule has 0 aliphatic heterocycles. The zero-order valence-electron chi connectivity index (χ0n) is 8.72. The van der Waals surface area contributed by atoms with Crippen LogP contribution in [-0.2, 0) is 9.63 Å². The molecule has 0 aromatic heterocycles. The molecule has 1 amide bonds. The Morgan fingerprint density at radius 3 is 2.77 bits per heavy atom. The molecule has 2 atom stereocenters. The molecule has 0 heterocycles. The Kier molecular flexibility index (Phi) is 3.31. The van der Waals surface area contributed by atoms with E-state index in [2.05, 4.69) is 17.2 Å². The standard InChI is InChI=1S/C10H19NO2/c1-8-6-4-5-7-10(8,2)9(12)11-13-3/h8H,4-7H2,1-3H3,(H,11,12). The summed E-state index contributed by atoms with van der Waals surface area (Å²) in [6.45, 7) is 4.18. The molecule has 0 aromatic rings. The third-order valence-corrected chi connectivity index (χ3v) is 3.38. The Morgan fingerprint density at radius 2 is 2.23 bits per heavy atom. The van der Waals surface area contributed by atoms with Gasteiger partial charge in [0.05, 0.1) is 12.5 Å². The van der Waals surface area contributed by atoms with E-state index in [1.165, 1.54) is 13.5 Å². The Hall–Kier alpha value is -0.570. The molecule has 1 aliphatic rings. The van der Waals surface area contributed by atoms with Gasteiger partial charge in [-0.3, -0.25) is 9.63 Å². The molecule has 1 saturated carbocycles. The van der Waals surface area contributed by atoms with Gasteiger partial charge < -0.3 is 0 Å². The maximum Gasteiger partial charge on any atom is 0.249 e. The summed E-state index contributed by atoms with van der Waals surface area (Å²) >= 11 is 0. The molecular weight excluding hydrogens is 166 g/mol. The van der Waals surface area contributed by atoms with Gasteiger partial charge in [0.25, 0.3) is 0 Å². The van der Waals surface area contributed by atoms with Gasteiger partial charge in [0.2, 0.25) is 5.91 Å². The van der Waals surface area contributed by atoms with Gasteiger partial charge in [-0.25, -0.2) is 5.48 Å². The van der Waals surface area contributed by atoms with E-state index in [1.54, 1.807) is 0 Å². The van der Waals surface area contributed by atoms with Crippen molar-refractivity contribution in [2.45, 2.75) is 39.5 Å². The van der Waals surface area contributed by atoms with Crippen LogP contribution in [0.4, 0.5) is 0 Å². The van der Waals surface area contributed by atoms with E-state index in [1.807, 2.05) is 6.92 Å². The van der Waals surface area contributed by atoms with Crippen molar-refractivity contribution < 1.29 is 9.63 Å². The van der Waals surface area contributed by atoms with Crippen LogP contribution in [0.2, 0.25) is 0 Å². The van der Waals surface area contributed by atoms with E-state index in [9.17, 15) is 4.79 Å². The summed E-state index contributed by atoms with van der Waals surface area (Å²) in [7, 11) is 1.48. The van der Waals surface area contributed by atoms with Crippen molar-refractivity contribution in [2.24, 2.45) is 11.3 Å². The van der Waals surface area contributed by atoms with Gasteiger partial charge in [-0.05, 0) is 18.8 Å². The molecule has 0 aromatic carbocycles. The predicted molar refractivity (Wildman–Crippen MR) is 50.9 cm³/mol. The molecule has 1 N–H and O–H groups in total. The highest BCUT2D eigenvalue weighted by Crippen LogP contribution is 2.40. The van der Waals surface area contributed by atoms with Gasteiger partial charge in [0.15, 0.2) is 0 Å². The lowest BCUT2D eigenvalue weighted by molar-refractivity contribution is -0.145. The third-order valence-electron chi connectivity index (χ3n) is 3.38. The fourth-order valence-electron chi connectivity index (χ4n) is 2.05. The van der Waals surface area contributed by atoms with Crippen LogP contribution in [0.1, 0.15) is 39.5 Å². The number of carbonyl (C=O) groups excluding carboxylic acids is 1. The minimum atomic E-state index is -0.228. The van der Waals surface area contributed by atoms with Crippen molar-refractivity contribution in [3.63, 3.8) is 0 Å². The molecule has 0 spiro atoms. The molecule has 13 heavy (non-hydrogen) atoms. The highest BCUT2D eigenvalue weighted by molar-refractivity contribution is 5.81. The minimum Gasteiger partial charge on any atom is -0.277 e. The average Bonchev–Trinajstić information content (AvgIpc) is 2.11. The van der Waals surface area contributed by atoms with Gasteiger partial charge >= 0.3 is 0 Å². The monoisotopic (exact) mass is 185 g/mol. The van der Waals surface area contributed by atoms with Crippen LogP contribution in [0.5, 0.6) is 0 Å². The molecule has 1 rings (SSSR count). The number of nitrogens with one attached hydrogen (secondary N) is 1. The summed E-state index contributed by atoms with van der Waals surface area (Å²) in [6, 6.07) is 0. The lowest BCUT2D eigenvalue weighted by atomic mass is 9.68. The van der Waals surface area contributed by atoms with Crippen molar-refractivity contribution in [3.8, 4) is 0 Å². The van der Waals surface area contributed by atoms with Crippen LogP contribution in [0.15, 0.2) is 0 Å². The molecule has 0 bridgehead atoms. The highest BCUT2D eigenvalue weighted by atomic mass is 16.6. The first-order chi connectivity index (χ1) is 6.11. The van der Waals surface area contributed by atoms with E-state index in [4.69, 9.17) is 0 Å². The molecule has 2 unspecified atom stereocenters. The zero-order chi connectivity index (χ0) is 9.90. The largest absolute Gasteiger partial charge is 0.277 e. The molecule has 3 heteroatoms. The van der Waals surface area contributed by atoms with Crippen molar-refractivity contribution in [2.75, 3.05) is 7.11 Å². The summed E-state index contributed by atoms with van der Waals surface area (Å²) in [6.07, 6.45) is 4.52. The maximum atomic E-state index is 11.7. The molecule has 3 nitrogen and oxygen atoms in total. The number of amides is 1. The van der Waals surface area contributed by atoms with Crippen LogP contribution >= 0.6 is 0 Å². The van der Waals surface area contributed by atoms with Crippen molar-refractivity contribution in [3.05, 3.63) is 0 Å². The smallest absolute Gasteiger partial charge is 0.249 e. The second-order valence-corrected chi connectivity index (χ2v) is 4.20. The van der Waals surface area contributed by atoms with Crippen LogP contribution in [0, 0.1) is 11.3 Å². The number of carbonyl (C=O) groups is 1. The normalized spacial score (nSPS) is 34.2. The quantitative estimate of drug-likeness (QED) is 0.667. The molecular formula is C10H19NO2. The molecule has 0 radical (unpaired) electrons. The third kappa shape index (κ3) is 2.02. The minimum absolute atomic E-state index is 0.0298. The summed E-state index contributed by atoms with van der Waals surface area (Å²) in [5.41, 5.74) is 2.22. The Labute approximate surface area is 79.8 Å². The topological polar surface area (TPSA) is 38.3 Å². The Morgan fingerprint density at radius 1 is 1.54 bits per heavy atom. The summed E-state index contributed by atoms with van der Waals surface area (Å²) < 4.78 is 0. The van der Waals surface area contributed by atoms with Crippen molar-refractivity contribution >= 4 is 5.91 Å². The SMILES string of the molecule is CONC(=O)C1(C)CCCCC1C. The van der Waals surface area contributed by atoms with Gasteiger partial charge in [-0.15, -0.1) is 0 Å². The first-order valence-electron chi connectivity index (χ1n) is 4.94. The van der Waals surface area contributed by atoms with Crippen LogP contribution in [0.25, 0.3) is 0 Å². The number of rotatable bonds is 2. The maximum absolute atomic E-state index is 11.7. The Balaban J connectivity index is 2.65. The van der Waals surface area contributed by atoms with E-state index >= 15 is 0 Å². The second kappa shape index (κ2) is 4.09. The summed E-state index contributed by atoms with van der Waals surface area (Å²) in [5, 5.41) is 0. The van der Waals surface area contributed by atoms with E-state index in [0.717, 1.165) is 19.3 Å². The van der Waals surface area contributed by atoms with E-state index in [-0.39, 0.29) is 11.3 Å². The number of hydroxylamine groups is 1. The van der Waals surface area contributed by atoms with Crippen molar-refractivity contribution in [1.29, 1.82) is 0 Å². The molecule has 0 saturated heterocycles. The average molecular weight is 185 g/mol. The number of hydrogen-bond donors (Lipinski definition) is 1. The molecule has 76 valence electrons. The second-order valence-electron chi connectivity index (χ2n) is 4.20. The fourth-order valence-corrected chi connectivity index (χ4v) is 2.05. The zero-order valence-corrected chi connectivity index (χ0v) is 8.72. The van der Waals surface area contributed by atoms with E-state index in [0.29, 0.717) is 5.92 Å². The Bertz CT molecular complexity index is 193. The van der Waals surface area contributed by atoms with Gasteiger partial charge in [-0.2, -0.15) is 0 Å². The van der Waals surface area contributed by atoms with Crippen LogP contribution in [0.3, 0.4) is 0 Å². The van der Waals surface area contributed by atoms with E-state index < -0.39 is 0 Å². The summed E-state index contributed by atoms with van der Waals surface area (Å²) in [5.74, 6) is 0.485. The first-order valence-corrected chi connectivity index (χ1v) is 4.94. The van der Waals surface area contributed by atoms with Gasteiger partial charge in [0, 0.05) is 0 Å². The van der Waals surface area contributed by atoms with Crippen LogP contribution < -0.4 is 5.48 Å². The lowest BCUT2D eigenvalue weighted by Gasteiger charge is -2.37. The predicted octanol–water partition coefficient (Wildman–Crippen LogP) is 1.88. The van der Waals surface area contributed by atoms with Crippen molar-refractivity contribution in [1.82, 2.24) is 5.48 Å². The van der Waals surface area contributed by atoms with Gasteiger partial charge in [-0.1, -0.05) is 26.7 Å². The van der Waals surface area contributed by atoms with Gasteiger partial charge in [0.1, 0.15) is 0 Å².